The molecule has 0 fully saturated rings. The van der Waals surface area contributed by atoms with E-state index in [-0.39, 0.29) is 0 Å². The Morgan fingerprint density at radius 2 is 0.981 bits per heavy atom. The maximum absolute atomic E-state index is 6.76. The van der Waals surface area contributed by atoms with Crippen molar-refractivity contribution < 1.29 is 4.42 Å². The highest BCUT2D eigenvalue weighted by Crippen LogP contribution is 2.42. The number of amidine groups is 2. The van der Waals surface area contributed by atoms with Gasteiger partial charge in [0.05, 0.1) is 0 Å². The Labute approximate surface area is 305 Å². The molecule has 1 aliphatic rings. The summed E-state index contributed by atoms with van der Waals surface area (Å²) in [5.41, 5.74) is 6.92. The first-order valence-electron chi connectivity index (χ1n) is 18.0. The second kappa shape index (κ2) is 11.8. The summed E-state index contributed by atoms with van der Waals surface area (Å²) in [7, 11) is 0. The highest BCUT2D eigenvalue weighted by atomic mass is 16.3. The summed E-state index contributed by atoms with van der Waals surface area (Å²) < 4.78 is 6.76. The summed E-state index contributed by atoms with van der Waals surface area (Å²) in [4.78, 5) is 10.7. The summed E-state index contributed by atoms with van der Waals surface area (Å²) in [6.07, 6.45) is -0.509. The Hall–Kier alpha value is -7.04. The van der Waals surface area contributed by atoms with Gasteiger partial charge in [-0.15, -0.1) is 0 Å². The maximum Gasteiger partial charge on any atom is 0.170 e. The Bertz CT molecular complexity index is 3160. The van der Waals surface area contributed by atoms with Gasteiger partial charge in [0, 0.05) is 33.0 Å². The second-order valence-corrected chi connectivity index (χ2v) is 13.8. The Balaban J connectivity index is 1.11. The lowest BCUT2D eigenvalue weighted by molar-refractivity contribution is 0.668. The Morgan fingerprint density at radius 3 is 1.83 bits per heavy atom. The number of nitrogens with one attached hydrogen (secondary N) is 1. The van der Waals surface area contributed by atoms with E-state index in [2.05, 4.69) is 181 Å². The van der Waals surface area contributed by atoms with Crippen LogP contribution in [0.5, 0.6) is 0 Å². The number of benzene rings is 9. The molecule has 0 radical (unpaired) electrons. The van der Waals surface area contributed by atoms with Crippen LogP contribution in [0.4, 0.5) is 0 Å². The second-order valence-electron chi connectivity index (χ2n) is 13.8. The van der Waals surface area contributed by atoms with Crippen molar-refractivity contribution in [3.8, 4) is 11.1 Å². The van der Waals surface area contributed by atoms with Crippen molar-refractivity contribution in [3.63, 3.8) is 0 Å². The number of aliphatic imine (C=N–C) groups is 2. The van der Waals surface area contributed by atoms with Gasteiger partial charge in [-0.25, -0.2) is 9.98 Å². The Kier molecular flexibility index (Phi) is 6.58. The molecule has 10 aromatic rings. The molecule has 0 aliphatic carbocycles. The number of nitrogens with zero attached hydrogens (tertiary/aromatic N) is 2. The number of rotatable bonds is 4. The maximum atomic E-state index is 6.76. The number of hydrogen-bond acceptors (Lipinski definition) is 4. The first kappa shape index (κ1) is 29.7. The van der Waals surface area contributed by atoms with E-state index < -0.39 is 6.17 Å². The molecular weight excluding hydrogens is 647 g/mol. The van der Waals surface area contributed by atoms with E-state index in [1.807, 2.05) is 0 Å². The molecule has 248 valence electrons. The van der Waals surface area contributed by atoms with E-state index >= 15 is 0 Å². The van der Waals surface area contributed by atoms with Gasteiger partial charge in [0.1, 0.15) is 22.8 Å². The van der Waals surface area contributed by atoms with Crippen LogP contribution in [0.25, 0.3) is 76.2 Å². The van der Waals surface area contributed by atoms with E-state index in [9.17, 15) is 0 Å². The van der Waals surface area contributed by atoms with E-state index in [1.165, 1.54) is 37.7 Å². The van der Waals surface area contributed by atoms with Crippen molar-refractivity contribution in [1.82, 2.24) is 5.32 Å². The summed E-state index contributed by atoms with van der Waals surface area (Å²) in [5.74, 6) is 1.56. The fourth-order valence-electron chi connectivity index (χ4n) is 8.14. The van der Waals surface area contributed by atoms with Crippen LogP contribution in [-0.2, 0) is 0 Å². The number of hydrogen-bond donors (Lipinski definition) is 1. The van der Waals surface area contributed by atoms with Gasteiger partial charge in [-0.1, -0.05) is 158 Å². The molecule has 11 rings (SSSR count). The minimum absolute atomic E-state index is 0.509. The molecule has 2 heterocycles. The molecule has 0 spiro atoms. The third kappa shape index (κ3) is 4.84. The molecule has 1 aliphatic heterocycles. The van der Waals surface area contributed by atoms with Crippen LogP contribution in [0.1, 0.15) is 22.9 Å². The van der Waals surface area contributed by atoms with E-state index in [1.54, 1.807) is 0 Å². The average molecular weight is 678 g/mol. The van der Waals surface area contributed by atoms with Gasteiger partial charge in [0.2, 0.25) is 0 Å². The normalized spacial score (nSPS) is 14.6. The van der Waals surface area contributed by atoms with Crippen molar-refractivity contribution in [3.05, 3.63) is 193 Å². The molecule has 9 aromatic carbocycles. The van der Waals surface area contributed by atoms with Crippen molar-refractivity contribution >= 4 is 76.7 Å². The smallest absolute Gasteiger partial charge is 0.170 e. The summed E-state index contributed by atoms with van der Waals surface area (Å²) in [6, 6.07) is 62.2. The lowest BCUT2D eigenvalue weighted by Gasteiger charge is -2.23. The highest BCUT2D eigenvalue weighted by Gasteiger charge is 2.25. The van der Waals surface area contributed by atoms with Crippen LogP contribution in [0.2, 0.25) is 0 Å². The van der Waals surface area contributed by atoms with Crippen LogP contribution in [0.15, 0.2) is 190 Å². The molecule has 1 unspecified atom stereocenters. The third-order valence-electron chi connectivity index (χ3n) is 10.7. The molecule has 53 heavy (non-hydrogen) atoms. The third-order valence-corrected chi connectivity index (χ3v) is 10.7. The average Bonchev–Trinajstić information content (AvgIpc) is 3.62. The van der Waals surface area contributed by atoms with Crippen molar-refractivity contribution in [2.75, 3.05) is 0 Å². The molecule has 0 bridgehead atoms. The molecular formula is C49H31N3O. The quantitative estimate of drug-likeness (QED) is 0.189. The first-order valence-corrected chi connectivity index (χ1v) is 18.0. The topological polar surface area (TPSA) is 49.9 Å². The van der Waals surface area contributed by atoms with E-state index in [0.29, 0.717) is 0 Å². The van der Waals surface area contributed by atoms with Crippen molar-refractivity contribution in [1.29, 1.82) is 0 Å². The molecule has 0 saturated heterocycles. The monoisotopic (exact) mass is 677 g/mol. The minimum atomic E-state index is -0.509. The van der Waals surface area contributed by atoms with Gasteiger partial charge in [-0.3, -0.25) is 0 Å². The zero-order chi connectivity index (χ0) is 34.9. The number of para-hydroxylation sites is 1. The highest BCUT2D eigenvalue weighted by molar-refractivity contribution is 6.19. The summed E-state index contributed by atoms with van der Waals surface area (Å²) in [6.45, 7) is 0. The molecule has 4 nitrogen and oxygen atoms in total. The molecule has 1 atom stereocenters. The standard InChI is InChI=1S/C49H31N3O/c1-2-13-33-28-35(25-22-30(33)10-1)47-50-48(36-26-27-39-34(29-36)24-23-32-12-4-5-15-37(32)39)52-49(51-47)43-20-9-21-44-45(43)42-19-8-18-41(46(42)53-44)40-17-7-14-31-11-3-6-16-38(31)40/h1-29,49H,(H,50,51,52). The lowest BCUT2D eigenvalue weighted by atomic mass is 9.96. The van der Waals surface area contributed by atoms with Crippen molar-refractivity contribution in [2.24, 2.45) is 9.98 Å². The predicted molar refractivity (Wildman–Crippen MR) is 221 cm³/mol. The fraction of sp³-hybridized carbons (Fsp3) is 0.0204. The SMILES string of the molecule is c1ccc2cc(C3=NC(c4cccc5oc6c(-c7cccc8ccccc78)cccc6c45)N=C(c4ccc5c(ccc6ccccc65)c4)N3)ccc2c1. The number of furan rings is 1. The first-order chi connectivity index (χ1) is 26.2. The van der Waals surface area contributed by atoms with Gasteiger partial charge in [-0.05, 0) is 66.9 Å². The minimum Gasteiger partial charge on any atom is -0.455 e. The number of fused-ring (bicyclic) bond motifs is 8. The van der Waals surface area contributed by atoms with Crippen LogP contribution in [0.3, 0.4) is 0 Å². The Morgan fingerprint density at radius 1 is 0.415 bits per heavy atom. The van der Waals surface area contributed by atoms with Gasteiger partial charge in [0.25, 0.3) is 0 Å². The molecule has 4 heteroatoms. The lowest BCUT2D eigenvalue weighted by Crippen LogP contribution is -2.36. The van der Waals surface area contributed by atoms with Crippen molar-refractivity contribution in [2.45, 2.75) is 6.17 Å². The molecule has 0 saturated carbocycles. The van der Waals surface area contributed by atoms with E-state index in [4.69, 9.17) is 14.4 Å². The zero-order valence-electron chi connectivity index (χ0n) is 28.6. The molecule has 1 N–H and O–H groups in total. The van der Waals surface area contributed by atoms with Gasteiger partial charge in [-0.2, -0.15) is 0 Å². The van der Waals surface area contributed by atoms with Gasteiger partial charge < -0.3 is 9.73 Å². The largest absolute Gasteiger partial charge is 0.455 e. The zero-order valence-corrected chi connectivity index (χ0v) is 28.6. The van der Waals surface area contributed by atoms with Gasteiger partial charge >= 0.3 is 0 Å². The molecule has 1 aromatic heterocycles. The summed E-state index contributed by atoms with van der Waals surface area (Å²) in [5, 5.41) is 15.4. The fourth-order valence-corrected chi connectivity index (χ4v) is 8.14. The van der Waals surface area contributed by atoms with Crippen LogP contribution >= 0.6 is 0 Å². The van der Waals surface area contributed by atoms with Crippen LogP contribution in [0, 0.1) is 0 Å². The van der Waals surface area contributed by atoms with E-state index in [0.717, 1.165) is 66.8 Å². The van der Waals surface area contributed by atoms with Gasteiger partial charge in [0.15, 0.2) is 6.17 Å². The molecule has 0 amide bonds. The van der Waals surface area contributed by atoms with Crippen LogP contribution < -0.4 is 5.32 Å². The van der Waals surface area contributed by atoms with Crippen LogP contribution in [-0.4, -0.2) is 11.7 Å². The summed E-state index contributed by atoms with van der Waals surface area (Å²) >= 11 is 0. The predicted octanol–water partition coefficient (Wildman–Crippen LogP) is 12.4.